The zero-order valence-corrected chi connectivity index (χ0v) is 12.1. The average molecular weight is 380 g/mol. The Labute approximate surface area is 107 Å². The second-order valence-electron chi connectivity index (χ2n) is 2.99. The van der Waals surface area contributed by atoms with Crippen molar-refractivity contribution in [3.05, 3.63) is 37.4 Å². The van der Waals surface area contributed by atoms with Gasteiger partial charge in [0.15, 0.2) is 0 Å². The van der Waals surface area contributed by atoms with Crippen molar-refractivity contribution in [3.63, 3.8) is 0 Å². The van der Waals surface area contributed by atoms with Crippen LogP contribution in [-0.4, -0.2) is 4.98 Å². The highest BCUT2D eigenvalue weighted by molar-refractivity contribution is 9.11. The van der Waals surface area contributed by atoms with Gasteiger partial charge in [0, 0.05) is 19.7 Å². The first-order valence-corrected chi connectivity index (χ1v) is 6.38. The number of hydrogen-bond acceptors (Lipinski definition) is 1. The average Bonchev–Trinajstić information content (AvgIpc) is 2.14. The summed E-state index contributed by atoms with van der Waals surface area (Å²) in [4.78, 5) is 4.39. The summed E-state index contributed by atoms with van der Waals surface area (Å²) in [6.45, 7) is 1.98. The number of halogens is 3. The van der Waals surface area contributed by atoms with E-state index in [9.17, 15) is 0 Å². The van der Waals surface area contributed by atoms with Crippen LogP contribution >= 0.6 is 47.8 Å². The van der Waals surface area contributed by atoms with Gasteiger partial charge in [-0.25, -0.2) is 4.98 Å². The van der Waals surface area contributed by atoms with Gasteiger partial charge in [0.2, 0.25) is 0 Å². The van der Waals surface area contributed by atoms with Gasteiger partial charge in [-0.05, 0) is 50.9 Å². The maximum absolute atomic E-state index is 4.39. The monoisotopic (exact) mass is 377 g/mol. The van der Waals surface area contributed by atoms with Crippen molar-refractivity contribution >= 4 is 58.6 Å². The van der Waals surface area contributed by atoms with E-state index in [4.69, 9.17) is 0 Å². The maximum atomic E-state index is 4.39. The van der Waals surface area contributed by atoms with E-state index in [1.807, 2.05) is 13.0 Å². The lowest BCUT2D eigenvalue weighted by molar-refractivity contribution is 1.18. The number of rotatable bonds is 0. The van der Waals surface area contributed by atoms with Crippen molar-refractivity contribution < 1.29 is 0 Å². The van der Waals surface area contributed by atoms with Crippen LogP contribution in [0.15, 0.2) is 31.7 Å². The number of hydrogen-bond donors (Lipinski definition) is 0. The fourth-order valence-electron chi connectivity index (χ4n) is 1.33. The number of benzene rings is 1. The highest BCUT2D eigenvalue weighted by atomic mass is 79.9. The third kappa shape index (κ3) is 1.75. The molecule has 0 bridgehead atoms. The molecule has 1 nitrogen and oxygen atoms in total. The van der Waals surface area contributed by atoms with E-state index < -0.39 is 0 Å². The molecular weight excluding hydrogens is 374 g/mol. The number of fused-ring (bicyclic) bond motifs is 1. The molecule has 0 atom stereocenters. The summed E-state index contributed by atoms with van der Waals surface area (Å²) < 4.78 is 3.00. The summed E-state index contributed by atoms with van der Waals surface area (Å²) in [6.07, 6.45) is 0. The van der Waals surface area contributed by atoms with E-state index in [0.717, 1.165) is 24.6 Å². The SMILES string of the molecule is Cc1nc(Br)c2cc(Br)ccc2c1Br. The molecule has 72 valence electrons. The minimum atomic E-state index is 0.884. The van der Waals surface area contributed by atoms with Crippen LogP contribution in [0.5, 0.6) is 0 Å². The number of aromatic nitrogens is 1. The lowest BCUT2D eigenvalue weighted by atomic mass is 10.1. The molecule has 0 saturated carbocycles. The Morgan fingerprint density at radius 2 is 1.79 bits per heavy atom. The van der Waals surface area contributed by atoms with Crippen molar-refractivity contribution in [2.75, 3.05) is 0 Å². The topological polar surface area (TPSA) is 12.9 Å². The summed E-state index contributed by atoms with van der Waals surface area (Å²) in [6, 6.07) is 6.15. The van der Waals surface area contributed by atoms with E-state index in [1.165, 1.54) is 5.39 Å². The second-order valence-corrected chi connectivity index (χ2v) is 5.45. The summed E-state index contributed by atoms with van der Waals surface area (Å²) in [7, 11) is 0. The Bertz CT molecular complexity index is 508. The third-order valence-corrected chi connectivity index (χ3v) is 4.12. The van der Waals surface area contributed by atoms with Gasteiger partial charge in [-0.3, -0.25) is 0 Å². The first kappa shape index (κ1) is 10.6. The van der Waals surface area contributed by atoms with E-state index in [0.29, 0.717) is 0 Å². The van der Waals surface area contributed by atoms with Crippen molar-refractivity contribution in [1.29, 1.82) is 0 Å². The fraction of sp³-hybridized carbons (Fsp3) is 0.100. The minimum Gasteiger partial charge on any atom is -0.244 e. The van der Waals surface area contributed by atoms with Crippen molar-refractivity contribution in [2.45, 2.75) is 6.92 Å². The molecule has 0 aliphatic heterocycles. The Hall–Kier alpha value is 0.0700. The number of nitrogens with zero attached hydrogens (tertiary/aromatic N) is 1. The Morgan fingerprint density at radius 1 is 1.07 bits per heavy atom. The standard InChI is InChI=1S/C10H6Br3N/c1-5-9(12)7-3-2-6(11)4-8(7)10(13)14-5/h2-4H,1H3. The molecule has 4 heteroatoms. The van der Waals surface area contributed by atoms with E-state index >= 15 is 0 Å². The molecule has 2 aromatic rings. The molecule has 0 unspecified atom stereocenters. The largest absolute Gasteiger partial charge is 0.244 e. The molecule has 0 amide bonds. The molecule has 0 N–H and O–H groups in total. The Morgan fingerprint density at radius 3 is 2.50 bits per heavy atom. The van der Waals surface area contributed by atoms with Gasteiger partial charge in [0.1, 0.15) is 4.60 Å². The molecule has 1 aromatic heterocycles. The van der Waals surface area contributed by atoms with Crippen LogP contribution in [0.3, 0.4) is 0 Å². The third-order valence-electron chi connectivity index (χ3n) is 2.02. The van der Waals surface area contributed by atoms with Gasteiger partial charge in [0.25, 0.3) is 0 Å². The molecule has 1 aromatic carbocycles. The van der Waals surface area contributed by atoms with Crippen LogP contribution in [0.4, 0.5) is 0 Å². The smallest absolute Gasteiger partial charge is 0.114 e. The molecule has 0 fully saturated rings. The Kier molecular flexibility index (Phi) is 2.96. The lowest BCUT2D eigenvalue weighted by Gasteiger charge is -2.06. The zero-order valence-electron chi connectivity index (χ0n) is 7.31. The van der Waals surface area contributed by atoms with Gasteiger partial charge in [-0.2, -0.15) is 0 Å². The maximum Gasteiger partial charge on any atom is 0.114 e. The highest BCUT2D eigenvalue weighted by Gasteiger charge is 2.07. The van der Waals surface area contributed by atoms with Crippen molar-refractivity contribution in [1.82, 2.24) is 4.98 Å². The Balaban J connectivity index is 2.94. The highest BCUT2D eigenvalue weighted by Crippen LogP contribution is 2.32. The molecular formula is C10H6Br3N. The molecule has 0 radical (unpaired) electrons. The van der Waals surface area contributed by atoms with Crippen molar-refractivity contribution in [3.8, 4) is 0 Å². The number of aryl methyl sites for hydroxylation is 1. The second kappa shape index (κ2) is 3.91. The van der Waals surface area contributed by atoms with Gasteiger partial charge < -0.3 is 0 Å². The van der Waals surface area contributed by atoms with E-state index in [2.05, 4.69) is 64.9 Å². The molecule has 0 aliphatic carbocycles. The fourth-order valence-corrected chi connectivity index (χ4v) is 2.72. The van der Waals surface area contributed by atoms with Crippen LogP contribution in [0.25, 0.3) is 10.8 Å². The van der Waals surface area contributed by atoms with Crippen LogP contribution in [0.2, 0.25) is 0 Å². The first-order chi connectivity index (χ1) is 6.59. The van der Waals surface area contributed by atoms with Gasteiger partial charge in [-0.1, -0.05) is 22.0 Å². The zero-order chi connectivity index (χ0) is 10.3. The van der Waals surface area contributed by atoms with Gasteiger partial charge in [-0.15, -0.1) is 0 Å². The van der Waals surface area contributed by atoms with Gasteiger partial charge in [0.05, 0.1) is 5.69 Å². The van der Waals surface area contributed by atoms with Crippen molar-refractivity contribution in [2.24, 2.45) is 0 Å². The summed E-state index contributed by atoms with van der Waals surface area (Å²) in [5.41, 5.74) is 0.992. The normalized spacial score (nSPS) is 10.9. The predicted octanol–water partition coefficient (Wildman–Crippen LogP) is 4.83. The van der Waals surface area contributed by atoms with Crippen LogP contribution in [0, 0.1) is 6.92 Å². The minimum absolute atomic E-state index is 0.884. The summed E-state index contributed by atoms with van der Waals surface area (Å²) in [5.74, 6) is 0. The molecule has 0 saturated heterocycles. The summed E-state index contributed by atoms with van der Waals surface area (Å²) in [5, 5.41) is 2.28. The first-order valence-electron chi connectivity index (χ1n) is 4.00. The van der Waals surface area contributed by atoms with E-state index in [1.54, 1.807) is 0 Å². The molecule has 14 heavy (non-hydrogen) atoms. The summed E-state index contributed by atoms with van der Waals surface area (Å²) >= 11 is 10.4. The predicted molar refractivity (Wildman–Crippen MR) is 69.6 cm³/mol. The lowest BCUT2D eigenvalue weighted by Crippen LogP contribution is -1.87. The van der Waals surface area contributed by atoms with Gasteiger partial charge >= 0.3 is 0 Å². The quantitative estimate of drug-likeness (QED) is 0.597. The van der Waals surface area contributed by atoms with Crippen LogP contribution in [0.1, 0.15) is 5.69 Å². The molecule has 2 rings (SSSR count). The molecule has 0 aliphatic rings. The molecule has 0 spiro atoms. The van der Waals surface area contributed by atoms with Crippen LogP contribution < -0.4 is 0 Å². The number of pyridine rings is 1. The molecule has 1 heterocycles. The van der Waals surface area contributed by atoms with E-state index in [-0.39, 0.29) is 0 Å². The van der Waals surface area contributed by atoms with Crippen LogP contribution in [-0.2, 0) is 0 Å².